The Bertz CT molecular complexity index is 830. The first-order valence-electron chi connectivity index (χ1n) is 9.94. The Labute approximate surface area is 162 Å². The van der Waals surface area contributed by atoms with Gasteiger partial charge in [-0.3, -0.25) is 14.4 Å². The summed E-state index contributed by atoms with van der Waals surface area (Å²) >= 11 is 0. The van der Waals surface area contributed by atoms with Gasteiger partial charge in [-0.2, -0.15) is 0 Å². The van der Waals surface area contributed by atoms with Crippen molar-refractivity contribution in [1.29, 1.82) is 0 Å². The lowest BCUT2D eigenvalue weighted by Crippen LogP contribution is -2.60. The van der Waals surface area contributed by atoms with Gasteiger partial charge in [0.2, 0.25) is 0 Å². The van der Waals surface area contributed by atoms with E-state index in [-0.39, 0.29) is 29.7 Å². The molecule has 0 unspecified atom stereocenters. The number of ether oxygens (including phenoxy) is 3. The van der Waals surface area contributed by atoms with Gasteiger partial charge in [0.1, 0.15) is 18.1 Å². The molecule has 7 heteroatoms. The summed E-state index contributed by atoms with van der Waals surface area (Å²) in [4.78, 5) is 38.9. The molecule has 2 saturated heterocycles. The summed E-state index contributed by atoms with van der Waals surface area (Å²) in [6.07, 6.45) is 5.20. The Kier molecular flexibility index (Phi) is 3.71. The van der Waals surface area contributed by atoms with Gasteiger partial charge in [0.05, 0.1) is 30.5 Å². The van der Waals surface area contributed by atoms with E-state index >= 15 is 0 Å². The summed E-state index contributed by atoms with van der Waals surface area (Å²) in [5.74, 6) is -1.69. The molecular formula is C21H24O7. The van der Waals surface area contributed by atoms with Crippen LogP contribution < -0.4 is 0 Å². The van der Waals surface area contributed by atoms with Gasteiger partial charge in [-0.1, -0.05) is 6.42 Å². The second kappa shape index (κ2) is 5.84. The van der Waals surface area contributed by atoms with Crippen LogP contribution in [0.25, 0.3) is 0 Å². The monoisotopic (exact) mass is 388 g/mol. The van der Waals surface area contributed by atoms with E-state index < -0.39 is 29.0 Å². The maximum absolute atomic E-state index is 13.2. The third-order valence-electron chi connectivity index (χ3n) is 7.83. The molecule has 150 valence electrons. The molecule has 1 aromatic rings. The van der Waals surface area contributed by atoms with Gasteiger partial charge in [-0.15, -0.1) is 0 Å². The Morgan fingerprint density at radius 3 is 2.79 bits per heavy atom. The van der Waals surface area contributed by atoms with Crippen molar-refractivity contribution in [3.05, 3.63) is 24.2 Å². The highest BCUT2D eigenvalue weighted by atomic mass is 16.6. The average Bonchev–Trinajstić information content (AvgIpc) is 3.28. The van der Waals surface area contributed by atoms with Gasteiger partial charge < -0.3 is 18.6 Å². The Morgan fingerprint density at radius 1 is 1.25 bits per heavy atom. The number of rotatable bonds is 2. The minimum absolute atomic E-state index is 0.0581. The number of hydrogen-bond donors (Lipinski definition) is 0. The van der Waals surface area contributed by atoms with Crippen LogP contribution in [-0.4, -0.2) is 31.1 Å². The van der Waals surface area contributed by atoms with Gasteiger partial charge in [-0.25, -0.2) is 0 Å². The predicted octanol–water partition coefficient (Wildman–Crippen LogP) is 2.79. The molecule has 5 rings (SSSR count). The molecule has 7 nitrogen and oxygen atoms in total. The zero-order chi connectivity index (χ0) is 19.7. The highest BCUT2D eigenvalue weighted by Gasteiger charge is 2.74. The zero-order valence-corrected chi connectivity index (χ0v) is 16.0. The minimum Gasteiger partial charge on any atom is -0.472 e. The lowest BCUT2D eigenvalue weighted by molar-refractivity contribution is -0.196. The van der Waals surface area contributed by atoms with Crippen molar-refractivity contribution in [1.82, 2.24) is 0 Å². The van der Waals surface area contributed by atoms with E-state index in [1.807, 2.05) is 6.92 Å². The summed E-state index contributed by atoms with van der Waals surface area (Å²) < 4.78 is 21.7. The molecule has 0 N–H and O–H groups in total. The highest BCUT2D eigenvalue weighted by molar-refractivity contribution is 5.91. The van der Waals surface area contributed by atoms with Crippen molar-refractivity contribution < 1.29 is 33.0 Å². The van der Waals surface area contributed by atoms with Crippen molar-refractivity contribution in [3.63, 3.8) is 0 Å². The Morgan fingerprint density at radius 2 is 2.07 bits per heavy atom. The highest BCUT2D eigenvalue weighted by Crippen LogP contribution is 2.67. The fourth-order valence-corrected chi connectivity index (χ4v) is 6.57. The molecule has 0 spiro atoms. The minimum atomic E-state index is -0.944. The number of carbonyl (C=O) groups excluding carboxylic acids is 3. The van der Waals surface area contributed by atoms with Crippen LogP contribution in [-0.2, 0) is 28.6 Å². The van der Waals surface area contributed by atoms with E-state index in [1.165, 1.54) is 13.4 Å². The summed E-state index contributed by atoms with van der Waals surface area (Å²) in [6, 6.07) is 1.76. The van der Waals surface area contributed by atoms with Crippen LogP contribution in [0.2, 0.25) is 0 Å². The molecule has 0 aromatic carbocycles. The molecule has 0 radical (unpaired) electrons. The van der Waals surface area contributed by atoms with Gasteiger partial charge in [0.15, 0.2) is 0 Å². The standard InChI is InChI=1S/C21H24O7/c1-20(18(23)25-2)6-3-4-12-13(20)8-14-16-17(22)27-15(11-5-7-26-10-11)9-21(12,16)19(24)28-14/h5,7,10,12-16H,3-4,6,8-9H2,1-2H3/t12-,13-,14+,15+,16+,20+,21-/m1/s1. The van der Waals surface area contributed by atoms with Crippen LogP contribution in [0.15, 0.2) is 23.0 Å². The molecular weight excluding hydrogens is 364 g/mol. The van der Waals surface area contributed by atoms with E-state index in [4.69, 9.17) is 18.6 Å². The molecule has 2 aliphatic heterocycles. The largest absolute Gasteiger partial charge is 0.472 e. The quantitative estimate of drug-likeness (QED) is 0.568. The summed E-state index contributed by atoms with van der Waals surface area (Å²) in [6.45, 7) is 1.94. The fraction of sp³-hybridized carbons (Fsp3) is 0.667. The van der Waals surface area contributed by atoms with Gasteiger partial charge >= 0.3 is 17.9 Å². The lowest BCUT2D eigenvalue weighted by Gasteiger charge is -2.55. The SMILES string of the molecule is COC(=O)[C@@]1(C)CCC[C@@H]2[C@H]1C[C@@H]1OC(=O)[C@]23C[C@@H](c2ccoc2)OC(=O)[C@H]13. The number of hydrogen-bond acceptors (Lipinski definition) is 7. The Hall–Kier alpha value is -2.31. The van der Waals surface area contributed by atoms with Gasteiger partial charge in [0, 0.05) is 12.0 Å². The number of carbonyl (C=O) groups is 3. The van der Waals surface area contributed by atoms with Crippen LogP contribution in [0.4, 0.5) is 0 Å². The summed E-state index contributed by atoms with van der Waals surface area (Å²) in [5, 5.41) is 0. The first-order valence-corrected chi connectivity index (χ1v) is 9.94. The summed E-state index contributed by atoms with van der Waals surface area (Å²) in [7, 11) is 1.41. The normalized spacial score (nSPS) is 44.1. The van der Waals surface area contributed by atoms with E-state index in [0.717, 1.165) is 24.8 Å². The number of fused-ring (bicyclic) bond motifs is 1. The molecule has 28 heavy (non-hydrogen) atoms. The van der Waals surface area contributed by atoms with Crippen LogP contribution in [0.1, 0.15) is 50.7 Å². The van der Waals surface area contributed by atoms with Crippen LogP contribution >= 0.6 is 0 Å². The first-order chi connectivity index (χ1) is 13.4. The third kappa shape index (κ3) is 2.07. The lowest BCUT2D eigenvalue weighted by atomic mass is 9.46. The number of esters is 3. The van der Waals surface area contributed by atoms with E-state index in [2.05, 4.69) is 0 Å². The number of furan rings is 1. The molecule has 0 amide bonds. The third-order valence-corrected chi connectivity index (χ3v) is 7.83. The van der Waals surface area contributed by atoms with Crippen LogP contribution in [0.3, 0.4) is 0 Å². The van der Waals surface area contributed by atoms with E-state index in [1.54, 1.807) is 12.3 Å². The first kappa shape index (κ1) is 17.8. The molecule has 2 aliphatic carbocycles. The molecule has 4 fully saturated rings. The van der Waals surface area contributed by atoms with Crippen LogP contribution in [0.5, 0.6) is 0 Å². The van der Waals surface area contributed by atoms with Gasteiger partial charge in [0.25, 0.3) is 0 Å². The molecule has 7 atom stereocenters. The van der Waals surface area contributed by atoms with Gasteiger partial charge in [-0.05, 0) is 44.1 Å². The molecule has 2 bridgehead atoms. The second-order valence-electron chi connectivity index (χ2n) is 8.90. The topological polar surface area (TPSA) is 92.0 Å². The summed E-state index contributed by atoms with van der Waals surface area (Å²) in [5.41, 5.74) is -0.874. The number of cyclic esters (lactones) is 1. The Balaban J connectivity index is 1.60. The molecule has 3 heterocycles. The van der Waals surface area contributed by atoms with E-state index in [0.29, 0.717) is 12.8 Å². The molecule has 1 aromatic heterocycles. The second-order valence-corrected chi connectivity index (χ2v) is 8.90. The van der Waals surface area contributed by atoms with Crippen molar-refractivity contribution >= 4 is 17.9 Å². The average molecular weight is 388 g/mol. The predicted molar refractivity (Wildman–Crippen MR) is 93.5 cm³/mol. The van der Waals surface area contributed by atoms with Crippen LogP contribution in [0, 0.1) is 28.6 Å². The van der Waals surface area contributed by atoms with Crippen molar-refractivity contribution in [2.24, 2.45) is 28.6 Å². The maximum Gasteiger partial charge on any atom is 0.314 e. The van der Waals surface area contributed by atoms with E-state index in [9.17, 15) is 14.4 Å². The maximum atomic E-state index is 13.2. The molecule has 2 saturated carbocycles. The zero-order valence-electron chi connectivity index (χ0n) is 16.0. The fourth-order valence-electron chi connectivity index (χ4n) is 6.57. The number of methoxy groups -OCH3 is 1. The van der Waals surface area contributed by atoms with Crippen molar-refractivity contribution in [2.45, 2.75) is 51.2 Å². The van der Waals surface area contributed by atoms with Crippen molar-refractivity contribution in [3.8, 4) is 0 Å². The molecule has 4 aliphatic rings. The smallest absolute Gasteiger partial charge is 0.314 e. The van der Waals surface area contributed by atoms with Crippen molar-refractivity contribution in [2.75, 3.05) is 7.11 Å².